The van der Waals surface area contributed by atoms with Crippen molar-refractivity contribution in [2.24, 2.45) is 11.8 Å². The van der Waals surface area contributed by atoms with Gasteiger partial charge in [-0.2, -0.15) is 0 Å². The molecule has 0 aromatic rings. The SMILES string of the molecule is O=C(C[C@@H]1CC[C@H]2[C@@H](COC[C@H](O)CN2CC2CCOCC2)O1)NCC1CC1. The van der Waals surface area contributed by atoms with Crippen LogP contribution in [-0.4, -0.2) is 86.3 Å². The first-order valence-electron chi connectivity index (χ1n) is 11.2. The lowest BCUT2D eigenvalue weighted by molar-refractivity contribution is -0.159. The molecule has 2 N–H and O–H groups in total. The van der Waals surface area contributed by atoms with Crippen LogP contribution in [0.1, 0.15) is 44.9 Å². The number of hydrogen-bond acceptors (Lipinski definition) is 6. The Kier molecular flexibility index (Phi) is 7.22. The van der Waals surface area contributed by atoms with Crippen LogP contribution in [-0.2, 0) is 19.0 Å². The van der Waals surface area contributed by atoms with E-state index in [1.807, 2.05) is 0 Å². The number of nitrogens with one attached hydrogen (secondary N) is 1. The summed E-state index contributed by atoms with van der Waals surface area (Å²) in [6, 6.07) is 0.253. The van der Waals surface area contributed by atoms with Gasteiger partial charge in [-0.25, -0.2) is 0 Å². The monoisotopic (exact) mass is 396 g/mol. The van der Waals surface area contributed by atoms with Gasteiger partial charge in [-0.05, 0) is 50.4 Å². The summed E-state index contributed by atoms with van der Waals surface area (Å²) in [7, 11) is 0. The van der Waals surface area contributed by atoms with Crippen LogP contribution in [0.3, 0.4) is 0 Å². The molecule has 4 atom stereocenters. The minimum absolute atomic E-state index is 0.0256. The highest BCUT2D eigenvalue weighted by atomic mass is 16.5. The lowest BCUT2D eigenvalue weighted by Crippen LogP contribution is -2.57. The number of amides is 1. The van der Waals surface area contributed by atoms with Crippen LogP contribution in [0.5, 0.6) is 0 Å². The number of fused-ring (bicyclic) bond motifs is 1. The summed E-state index contributed by atoms with van der Waals surface area (Å²) in [4.78, 5) is 14.6. The van der Waals surface area contributed by atoms with Gasteiger partial charge in [-0.3, -0.25) is 9.69 Å². The predicted molar refractivity (Wildman–Crippen MR) is 104 cm³/mol. The summed E-state index contributed by atoms with van der Waals surface area (Å²) in [6.45, 7) is 4.96. The average Bonchev–Trinajstić information content (AvgIpc) is 3.50. The Labute approximate surface area is 168 Å². The van der Waals surface area contributed by atoms with Gasteiger partial charge >= 0.3 is 0 Å². The minimum Gasteiger partial charge on any atom is -0.389 e. The second-order valence-electron chi connectivity index (χ2n) is 9.09. The molecule has 0 unspecified atom stereocenters. The highest BCUT2D eigenvalue weighted by molar-refractivity contribution is 5.76. The largest absolute Gasteiger partial charge is 0.389 e. The highest BCUT2D eigenvalue weighted by Gasteiger charge is 2.38. The number of nitrogens with zero attached hydrogens (tertiary/aromatic N) is 1. The Bertz CT molecular complexity index is 509. The zero-order valence-corrected chi connectivity index (χ0v) is 16.9. The summed E-state index contributed by atoms with van der Waals surface area (Å²) in [5.41, 5.74) is 0. The Morgan fingerprint density at radius 3 is 2.61 bits per heavy atom. The molecule has 28 heavy (non-hydrogen) atoms. The molecular weight excluding hydrogens is 360 g/mol. The Balaban J connectivity index is 1.32. The van der Waals surface area contributed by atoms with E-state index < -0.39 is 6.10 Å². The predicted octanol–water partition coefficient (Wildman–Crippen LogP) is 0.939. The van der Waals surface area contributed by atoms with Crippen molar-refractivity contribution in [2.75, 3.05) is 46.1 Å². The molecule has 3 aliphatic heterocycles. The van der Waals surface area contributed by atoms with E-state index >= 15 is 0 Å². The Hall–Kier alpha value is -0.730. The molecule has 7 heteroatoms. The highest BCUT2D eigenvalue weighted by Crippen LogP contribution is 2.30. The molecule has 4 fully saturated rings. The van der Waals surface area contributed by atoms with E-state index in [9.17, 15) is 9.90 Å². The second kappa shape index (κ2) is 9.85. The zero-order valence-electron chi connectivity index (χ0n) is 16.9. The fraction of sp³-hybridized carbons (Fsp3) is 0.952. The number of carbonyl (C=O) groups is 1. The van der Waals surface area contributed by atoms with Crippen LogP contribution < -0.4 is 5.32 Å². The summed E-state index contributed by atoms with van der Waals surface area (Å²) in [6.07, 6.45) is 6.48. The van der Waals surface area contributed by atoms with E-state index in [2.05, 4.69) is 10.2 Å². The van der Waals surface area contributed by atoms with Crippen LogP contribution in [0, 0.1) is 11.8 Å². The number of ether oxygens (including phenoxy) is 3. The van der Waals surface area contributed by atoms with E-state index in [0.717, 1.165) is 52.0 Å². The van der Waals surface area contributed by atoms with Crippen LogP contribution in [0.25, 0.3) is 0 Å². The third-order valence-corrected chi connectivity index (χ3v) is 6.62. The maximum atomic E-state index is 12.2. The molecule has 160 valence electrons. The van der Waals surface area contributed by atoms with Crippen molar-refractivity contribution < 1.29 is 24.1 Å². The first-order chi connectivity index (χ1) is 13.7. The molecule has 0 aromatic heterocycles. The van der Waals surface area contributed by atoms with Crippen LogP contribution in [0.2, 0.25) is 0 Å². The van der Waals surface area contributed by atoms with Crippen LogP contribution >= 0.6 is 0 Å². The third-order valence-electron chi connectivity index (χ3n) is 6.62. The van der Waals surface area contributed by atoms with Gasteiger partial charge < -0.3 is 24.6 Å². The standard InChI is InChI=1S/C21H36N2O5/c24-17-12-23(11-16-5-7-26-8-6-16)19-4-3-18(28-20(19)14-27-13-17)9-21(25)22-10-15-1-2-15/h15-20,24H,1-14H2,(H,22,25)/t17-,18+,19+,20-/m1/s1. The number of aliphatic hydroxyl groups excluding tert-OH is 1. The topological polar surface area (TPSA) is 80.3 Å². The van der Waals surface area contributed by atoms with Gasteiger partial charge in [0.25, 0.3) is 0 Å². The molecular formula is C21H36N2O5. The molecule has 0 spiro atoms. The quantitative estimate of drug-likeness (QED) is 0.696. The summed E-state index contributed by atoms with van der Waals surface area (Å²) >= 11 is 0. The number of rotatable bonds is 6. The number of carbonyl (C=O) groups excluding carboxylic acids is 1. The van der Waals surface area contributed by atoms with Crippen molar-refractivity contribution in [2.45, 2.75) is 69.3 Å². The maximum absolute atomic E-state index is 12.2. The lowest BCUT2D eigenvalue weighted by atomic mass is 9.92. The van der Waals surface area contributed by atoms with Gasteiger partial charge in [0.15, 0.2) is 0 Å². The molecule has 1 saturated carbocycles. The van der Waals surface area contributed by atoms with Gasteiger partial charge in [0, 0.05) is 38.9 Å². The Morgan fingerprint density at radius 1 is 1.00 bits per heavy atom. The van der Waals surface area contributed by atoms with E-state index in [1.54, 1.807) is 0 Å². The smallest absolute Gasteiger partial charge is 0.222 e. The van der Waals surface area contributed by atoms with Gasteiger partial charge in [-0.15, -0.1) is 0 Å². The second-order valence-corrected chi connectivity index (χ2v) is 9.09. The van der Waals surface area contributed by atoms with Crippen molar-refractivity contribution >= 4 is 5.91 Å². The molecule has 1 amide bonds. The van der Waals surface area contributed by atoms with Crippen molar-refractivity contribution in [1.82, 2.24) is 10.2 Å². The average molecular weight is 397 g/mol. The normalized spacial score (nSPS) is 35.6. The van der Waals surface area contributed by atoms with E-state index in [1.165, 1.54) is 12.8 Å². The fourth-order valence-electron chi connectivity index (χ4n) is 4.78. The molecule has 0 radical (unpaired) electrons. The minimum atomic E-state index is -0.452. The number of β-amino-alcohol motifs (C(OH)–C–C–N with tert-alkyl or cyclic N) is 1. The van der Waals surface area contributed by atoms with Crippen molar-refractivity contribution in [1.29, 1.82) is 0 Å². The molecule has 7 nitrogen and oxygen atoms in total. The third kappa shape index (κ3) is 5.89. The summed E-state index contributed by atoms with van der Waals surface area (Å²) in [5, 5.41) is 13.3. The maximum Gasteiger partial charge on any atom is 0.222 e. The van der Waals surface area contributed by atoms with E-state index in [-0.39, 0.29) is 24.2 Å². The van der Waals surface area contributed by atoms with Crippen LogP contribution in [0.15, 0.2) is 0 Å². The summed E-state index contributed by atoms with van der Waals surface area (Å²) in [5.74, 6) is 1.43. The first-order valence-corrected chi connectivity index (χ1v) is 11.2. The van der Waals surface area contributed by atoms with Crippen LogP contribution in [0.4, 0.5) is 0 Å². The summed E-state index contributed by atoms with van der Waals surface area (Å²) < 4.78 is 17.6. The zero-order chi connectivity index (χ0) is 19.3. The van der Waals surface area contributed by atoms with Gasteiger partial charge in [0.05, 0.1) is 37.9 Å². The van der Waals surface area contributed by atoms with Gasteiger partial charge in [0.2, 0.25) is 5.91 Å². The van der Waals surface area contributed by atoms with E-state index in [0.29, 0.717) is 38.0 Å². The lowest BCUT2D eigenvalue weighted by Gasteiger charge is -2.45. The molecule has 0 bridgehead atoms. The molecule has 4 aliphatic rings. The number of hydrogen-bond donors (Lipinski definition) is 2. The fourth-order valence-corrected chi connectivity index (χ4v) is 4.78. The van der Waals surface area contributed by atoms with Gasteiger partial charge in [-0.1, -0.05) is 0 Å². The molecule has 3 saturated heterocycles. The molecule has 0 aromatic carbocycles. The molecule has 4 rings (SSSR count). The molecule has 3 heterocycles. The van der Waals surface area contributed by atoms with E-state index in [4.69, 9.17) is 14.2 Å². The van der Waals surface area contributed by atoms with Gasteiger partial charge in [0.1, 0.15) is 0 Å². The Morgan fingerprint density at radius 2 is 1.82 bits per heavy atom. The molecule has 1 aliphatic carbocycles. The van der Waals surface area contributed by atoms with Crippen molar-refractivity contribution in [3.05, 3.63) is 0 Å². The van der Waals surface area contributed by atoms with Crippen molar-refractivity contribution in [3.63, 3.8) is 0 Å². The number of aliphatic hydroxyl groups is 1. The first kappa shape index (κ1) is 20.5. The van der Waals surface area contributed by atoms with Crippen molar-refractivity contribution in [3.8, 4) is 0 Å².